The quantitative estimate of drug-likeness (QED) is 0.165. The zero-order chi connectivity index (χ0) is 41.2. The average Bonchev–Trinajstić information content (AvgIpc) is 3.98. The van der Waals surface area contributed by atoms with Crippen molar-refractivity contribution in [2.45, 2.75) is 5.41 Å². The number of hydrogen-bond acceptors (Lipinski definition) is 2. The van der Waals surface area contributed by atoms with Crippen LogP contribution in [-0.4, -0.2) is 0 Å². The van der Waals surface area contributed by atoms with E-state index in [4.69, 9.17) is 4.42 Å². The Kier molecular flexibility index (Phi) is 7.07. The highest BCUT2D eigenvalue weighted by Crippen LogP contribution is 2.63. The van der Waals surface area contributed by atoms with Crippen molar-refractivity contribution in [2.75, 3.05) is 4.90 Å². The van der Waals surface area contributed by atoms with Crippen molar-refractivity contribution in [3.63, 3.8) is 0 Å². The van der Waals surface area contributed by atoms with Crippen molar-refractivity contribution >= 4 is 71.3 Å². The molecular formula is C61H37NO. The number of hydrogen-bond donors (Lipinski definition) is 0. The van der Waals surface area contributed by atoms with Gasteiger partial charge < -0.3 is 9.32 Å². The van der Waals surface area contributed by atoms with Gasteiger partial charge in [0.25, 0.3) is 0 Å². The Morgan fingerprint density at radius 1 is 0.302 bits per heavy atom. The molecule has 0 unspecified atom stereocenters. The van der Waals surface area contributed by atoms with E-state index in [-0.39, 0.29) is 0 Å². The number of nitrogens with zero attached hydrogens (tertiary/aromatic N) is 1. The van der Waals surface area contributed by atoms with Crippen molar-refractivity contribution in [3.8, 4) is 33.4 Å². The van der Waals surface area contributed by atoms with E-state index in [0.717, 1.165) is 50.1 Å². The fraction of sp³-hybridized carbons (Fsp3) is 0.0164. The number of furan rings is 1. The summed E-state index contributed by atoms with van der Waals surface area (Å²) in [7, 11) is 0. The van der Waals surface area contributed by atoms with Crippen LogP contribution in [0.1, 0.15) is 22.3 Å². The lowest BCUT2D eigenvalue weighted by molar-refractivity contribution is 0.669. The predicted octanol–water partition coefficient (Wildman–Crippen LogP) is 16.5. The van der Waals surface area contributed by atoms with Crippen molar-refractivity contribution in [2.24, 2.45) is 0 Å². The average molecular weight is 800 g/mol. The molecule has 0 radical (unpaired) electrons. The van der Waals surface area contributed by atoms with Gasteiger partial charge in [-0.2, -0.15) is 0 Å². The van der Waals surface area contributed by atoms with Gasteiger partial charge in [0.05, 0.1) is 11.1 Å². The zero-order valence-electron chi connectivity index (χ0n) is 34.2. The van der Waals surface area contributed by atoms with E-state index in [0.29, 0.717) is 0 Å². The van der Waals surface area contributed by atoms with Crippen LogP contribution in [0.15, 0.2) is 229 Å². The standard InChI is InChI=1S/C61H37NO/c1-2-18-44-42(17-1)43-19-3-4-24-51(43)60-52(44)25-14-29-57(60)62(40-16-13-15-38(35-40)39-31-33-50-49-23-8-12-30-58(49)63-59(50)36-39)41-32-34-48-47-22-7-11-28-55(47)61(56(48)37-41)53-26-9-5-20-45(53)46-21-6-10-27-54(46)61/h1-37H. The minimum absolute atomic E-state index is 0.466. The Labute approximate surface area is 364 Å². The topological polar surface area (TPSA) is 16.4 Å². The number of benzene rings is 11. The van der Waals surface area contributed by atoms with Crippen LogP contribution in [0.5, 0.6) is 0 Å². The second-order valence-electron chi connectivity index (χ2n) is 17.1. The smallest absolute Gasteiger partial charge is 0.136 e. The molecule has 0 N–H and O–H groups in total. The first-order valence-electron chi connectivity index (χ1n) is 21.8. The van der Waals surface area contributed by atoms with Gasteiger partial charge in [-0.25, -0.2) is 0 Å². The van der Waals surface area contributed by atoms with Crippen LogP contribution in [0, 0.1) is 0 Å². The second-order valence-corrected chi connectivity index (χ2v) is 17.1. The van der Waals surface area contributed by atoms with Gasteiger partial charge in [-0.3, -0.25) is 0 Å². The lowest BCUT2D eigenvalue weighted by Crippen LogP contribution is -2.26. The van der Waals surface area contributed by atoms with Gasteiger partial charge in [0.15, 0.2) is 0 Å². The Morgan fingerprint density at radius 2 is 0.794 bits per heavy atom. The molecule has 0 aliphatic heterocycles. The molecule has 0 fully saturated rings. The SMILES string of the molecule is c1cc(-c2ccc3c(c2)oc2ccccc23)cc(N(c2ccc3c(c2)C2(c4ccccc4-c4ccccc42)c2ccccc2-3)c2cccc3c4ccccc4c4ccccc4c23)c1. The van der Waals surface area contributed by atoms with Gasteiger partial charge in [-0.15, -0.1) is 0 Å². The van der Waals surface area contributed by atoms with E-state index in [1.807, 2.05) is 12.1 Å². The summed E-state index contributed by atoms with van der Waals surface area (Å²) in [5.41, 5.74) is 17.4. The monoisotopic (exact) mass is 799 g/mol. The molecule has 2 heteroatoms. The van der Waals surface area contributed by atoms with Crippen LogP contribution in [0.25, 0.3) is 87.6 Å². The van der Waals surface area contributed by atoms with E-state index in [9.17, 15) is 0 Å². The largest absolute Gasteiger partial charge is 0.456 e. The van der Waals surface area contributed by atoms with Gasteiger partial charge in [0.2, 0.25) is 0 Å². The van der Waals surface area contributed by atoms with Gasteiger partial charge in [-0.1, -0.05) is 176 Å². The molecular weight excluding hydrogens is 763 g/mol. The van der Waals surface area contributed by atoms with Gasteiger partial charge in [-0.05, 0) is 131 Å². The van der Waals surface area contributed by atoms with E-state index < -0.39 is 5.41 Å². The van der Waals surface area contributed by atoms with E-state index in [2.05, 4.69) is 217 Å². The van der Waals surface area contributed by atoms with Gasteiger partial charge in [0.1, 0.15) is 11.2 Å². The number of fused-ring (bicyclic) bond motifs is 19. The molecule has 1 heterocycles. The normalized spacial score (nSPS) is 13.2. The Balaban J connectivity index is 1.06. The predicted molar refractivity (Wildman–Crippen MR) is 263 cm³/mol. The number of rotatable bonds is 4. The summed E-state index contributed by atoms with van der Waals surface area (Å²) in [5, 5.41) is 9.75. The van der Waals surface area contributed by atoms with E-state index >= 15 is 0 Å². The maximum Gasteiger partial charge on any atom is 0.136 e. The van der Waals surface area contributed by atoms with E-state index in [1.54, 1.807) is 0 Å². The molecule has 12 aromatic rings. The Morgan fingerprint density at radius 3 is 1.48 bits per heavy atom. The van der Waals surface area contributed by atoms with Crippen molar-refractivity contribution in [1.82, 2.24) is 0 Å². The zero-order valence-corrected chi connectivity index (χ0v) is 34.2. The Bertz CT molecular complexity index is 3780. The third kappa shape index (κ3) is 4.67. The highest BCUT2D eigenvalue weighted by atomic mass is 16.3. The minimum Gasteiger partial charge on any atom is -0.456 e. The van der Waals surface area contributed by atoms with Gasteiger partial charge in [0, 0.05) is 27.5 Å². The number of para-hydroxylation sites is 1. The summed E-state index contributed by atoms with van der Waals surface area (Å²) in [6.45, 7) is 0. The lowest BCUT2D eigenvalue weighted by atomic mass is 9.70. The van der Waals surface area contributed by atoms with Crippen molar-refractivity contribution in [3.05, 3.63) is 247 Å². The first kappa shape index (κ1) is 34.5. The second kappa shape index (κ2) is 12.9. The fourth-order valence-electron chi connectivity index (χ4n) is 11.5. The molecule has 0 bridgehead atoms. The van der Waals surface area contributed by atoms with Gasteiger partial charge >= 0.3 is 0 Å². The third-order valence-corrected chi connectivity index (χ3v) is 14.0. The molecule has 292 valence electrons. The van der Waals surface area contributed by atoms with Crippen LogP contribution in [0.2, 0.25) is 0 Å². The molecule has 2 aliphatic rings. The molecule has 2 aliphatic carbocycles. The van der Waals surface area contributed by atoms with Crippen molar-refractivity contribution in [1.29, 1.82) is 0 Å². The number of anilines is 3. The van der Waals surface area contributed by atoms with Crippen LogP contribution >= 0.6 is 0 Å². The summed E-state index contributed by atoms with van der Waals surface area (Å²) < 4.78 is 6.41. The molecule has 0 amide bonds. The molecule has 1 spiro atoms. The molecule has 11 aromatic carbocycles. The molecule has 0 atom stereocenters. The Hall–Kier alpha value is -8.20. The highest BCUT2D eigenvalue weighted by Gasteiger charge is 2.51. The highest BCUT2D eigenvalue weighted by molar-refractivity contribution is 6.28. The molecule has 0 saturated carbocycles. The fourth-order valence-corrected chi connectivity index (χ4v) is 11.5. The molecule has 14 rings (SSSR count). The summed E-state index contributed by atoms with van der Waals surface area (Å²) in [5.74, 6) is 0. The summed E-state index contributed by atoms with van der Waals surface area (Å²) in [4.78, 5) is 2.51. The third-order valence-electron chi connectivity index (χ3n) is 14.0. The maximum absolute atomic E-state index is 6.41. The van der Waals surface area contributed by atoms with Crippen molar-refractivity contribution < 1.29 is 4.42 Å². The molecule has 2 nitrogen and oxygen atoms in total. The first-order valence-corrected chi connectivity index (χ1v) is 21.8. The van der Waals surface area contributed by atoms with Crippen LogP contribution in [0.4, 0.5) is 17.1 Å². The van der Waals surface area contributed by atoms with Crippen LogP contribution in [0.3, 0.4) is 0 Å². The summed E-state index contributed by atoms with van der Waals surface area (Å²) in [6, 6.07) is 83.0. The lowest BCUT2D eigenvalue weighted by Gasteiger charge is -2.32. The van der Waals surface area contributed by atoms with Crippen LogP contribution < -0.4 is 4.90 Å². The molecule has 1 aromatic heterocycles. The maximum atomic E-state index is 6.41. The first-order chi connectivity index (χ1) is 31.3. The van der Waals surface area contributed by atoms with E-state index in [1.165, 1.54) is 76.8 Å². The summed E-state index contributed by atoms with van der Waals surface area (Å²) >= 11 is 0. The molecule has 63 heavy (non-hydrogen) atoms. The minimum atomic E-state index is -0.466. The van der Waals surface area contributed by atoms with Crippen LogP contribution in [-0.2, 0) is 5.41 Å². The molecule has 0 saturated heterocycles. The summed E-state index contributed by atoms with van der Waals surface area (Å²) in [6.07, 6.45) is 0.